The minimum atomic E-state index is -3.81. The van der Waals surface area contributed by atoms with Crippen LogP contribution >= 0.6 is 11.6 Å². The van der Waals surface area contributed by atoms with Crippen molar-refractivity contribution in [2.75, 3.05) is 17.1 Å². The number of nitrogens with one attached hydrogen (secondary N) is 1. The van der Waals surface area contributed by atoms with E-state index in [0.29, 0.717) is 10.7 Å². The number of sulfonamides is 1. The second kappa shape index (κ2) is 13.1. The Labute approximate surface area is 236 Å². The lowest BCUT2D eigenvalue weighted by Crippen LogP contribution is -2.54. The smallest absolute Gasteiger partial charge is 0.244 e. The second-order valence-corrected chi connectivity index (χ2v) is 12.4. The van der Waals surface area contributed by atoms with Crippen LogP contribution in [0.2, 0.25) is 5.02 Å². The summed E-state index contributed by atoms with van der Waals surface area (Å²) in [7, 11) is -3.81. The van der Waals surface area contributed by atoms with Gasteiger partial charge < -0.3 is 10.2 Å². The zero-order valence-electron chi connectivity index (χ0n) is 23.0. The first-order chi connectivity index (χ1) is 18.3. The number of anilines is 1. The van der Waals surface area contributed by atoms with E-state index in [1.165, 1.54) is 4.90 Å². The van der Waals surface area contributed by atoms with Gasteiger partial charge in [0.15, 0.2) is 0 Å². The molecule has 0 bridgehead atoms. The van der Waals surface area contributed by atoms with Crippen LogP contribution in [0.4, 0.5) is 5.69 Å². The van der Waals surface area contributed by atoms with Crippen LogP contribution in [0.25, 0.3) is 0 Å². The Morgan fingerprint density at radius 1 is 0.897 bits per heavy atom. The summed E-state index contributed by atoms with van der Waals surface area (Å²) in [5.74, 6) is -0.804. The van der Waals surface area contributed by atoms with Crippen molar-refractivity contribution in [3.63, 3.8) is 0 Å². The molecule has 208 valence electrons. The molecule has 0 fully saturated rings. The molecule has 39 heavy (non-hydrogen) atoms. The summed E-state index contributed by atoms with van der Waals surface area (Å²) < 4.78 is 26.9. The SMILES string of the molecule is Cc1ccc(N(CC(=O)N(Cc2ccc(Cl)cc2)[C@H](Cc2ccccc2)C(=O)NC(C)C)S(C)(=O)=O)cc1C. The van der Waals surface area contributed by atoms with Crippen molar-refractivity contribution in [1.82, 2.24) is 10.2 Å². The first kappa shape index (κ1) is 30.2. The fourth-order valence-corrected chi connectivity index (χ4v) is 5.18. The van der Waals surface area contributed by atoms with Crippen LogP contribution in [0, 0.1) is 13.8 Å². The summed E-state index contributed by atoms with van der Waals surface area (Å²) in [5, 5.41) is 3.49. The van der Waals surface area contributed by atoms with Crippen LogP contribution in [-0.4, -0.2) is 50.0 Å². The monoisotopic (exact) mass is 569 g/mol. The number of halogens is 1. The van der Waals surface area contributed by atoms with Crippen molar-refractivity contribution in [3.05, 3.63) is 100 Å². The molecule has 0 aromatic heterocycles. The zero-order valence-corrected chi connectivity index (χ0v) is 24.6. The summed E-state index contributed by atoms with van der Waals surface area (Å²) >= 11 is 6.08. The normalized spacial score (nSPS) is 12.2. The van der Waals surface area contributed by atoms with Gasteiger partial charge in [-0.15, -0.1) is 0 Å². The molecule has 7 nitrogen and oxygen atoms in total. The van der Waals surface area contributed by atoms with E-state index in [-0.39, 0.29) is 24.9 Å². The van der Waals surface area contributed by atoms with Gasteiger partial charge in [-0.3, -0.25) is 13.9 Å². The number of hydrogen-bond donors (Lipinski definition) is 1. The molecule has 0 saturated heterocycles. The van der Waals surface area contributed by atoms with Crippen LogP contribution in [0.5, 0.6) is 0 Å². The van der Waals surface area contributed by atoms with Gasteiger partial charge in [-0.05, 0) is 74.2 Å². The molecule has 3 aromatic carbocycles. The van der Waals surface area contributed by atoms with E-state index in [0.717, 1.165) is 32.8 Å². The number of nitrogens with zero attached hydrogens (tertiary/aromatic N) is 2. The van der Waals surface area contributed by atoms with Crippen LogP contribution in [0.3, 0.4) is 0 Å². The first-order valence-electron chi connectivity index (χ1n) is 12.8. The van der Waals surface area contributed by atoms with E-state index in [2.05, 4.69) is 5.32 Å². The van der Waals surface area contributed by atoms with Gasteiger partial charge in [0, 0.05) is 24.0 Å². The molecule has 0 unspecified atom stereocenters. The molecule has 0 radical (unpaired) electrons. The Hall–Kier alpha value is -3.36. The molecular weight excluding hydrogens is 534 g/mol. The lowest BCUT2D eigenvalue weighted by atomic mass is 10.0. The molecule has 0 heterocycles. The molecule has 2 amide bonds. The van der Waals surface area contributed by atoms with E-state index in [9.17, 15) is 18.0 Å². The highest BCUT2D eigenvalue weighted by atomic mass is 35.5. The maximum absolute atomic E-state index is 14.0. The molecule has 3 aromatic rings. The number of carbonyl (C=O) groups is 2. The van der Waals surface area contributed by atoms with Crippen LogP contribution < -0.4 is 9.62 Å². The third kappa shape index (κ3) is 8.57. The Balaban J connectivity index is 2.06. The average Bonchev–Trinajstić information content (AvgIpc) is 2.87. The maximum atomic E-state index is 14.0. The maximum Gasteiger partial charge on any atom is 0.244 e. The fraction of sp³-hybridized carbons (Fsp3) is 0.333. The van der Waals surface area contributed by atoms with Crippen molar-refractivity contribution >= 4 is 39.1 Å². The van der Waals surface area contributed by atoms with Gasteiger partial charge >= 0.3 is 0 Å². The third-order valence-electron chi connectivity index (χ3n) is 6.43. The summed E-state index contributed by atoms with van der Waals surface area (Å²) in [6, 6.07) is 20.7. The number of aryl methyl sites for hydroxylation is 2. The Morgan fingerprint density at radius 2 is 1.54 bits per heavy atom. The number of benzene rings is 3. The number of carbonyl (C=O) groups excluding carboxylic acids is 2. The minimum absolute atomic E-state index is 0.101. The molecule has 3 rings (SSSR count). The third-order valence-corrected chi connectivity index (χ3v) is 7.82. The number of amides is 2. The first-order valence-corrected chi connectivity index (χ1v) is 15.0. The molecule has 0 saturated carbocycles. The highest BCUT2D eigenvalue weighted by molar-refractivity contribution is 7.92. The molecular formula is C30H36ClN3O4S. The predicted octanol–water partition coefficient (Wildman–Crippen LogP) is 4.89. The van der Waals surface area contributed by atoms with E-state index < -0.39 is 28.5 Å². The van der Waals surface area contributed by atoms with E-state index >= 15 is 0 Å². The quantitative estimate of drug-likeness (QED) is 0.356. The van der Waals surface area contributed by atoms with Gasteiger partial charge in [0.25, 0.3) is 0 Å². The van der Waals surface area contributed by atoms with Crippen LogP contribution in [0.15, 0.2) is 72.8 Å². The summed E-state index contributed by atoms with van der Waals surface area (Å²) in [6.07, 6.45) is 1.34. The van der Waals surface area contributed by atoms with E-state index in [4.69, 9.17) is 11.6 Å². The highest BCUT2D eigenvalue weighted by Gasteiger charge is 2.33. The van der Waals surface area contributed by atoms with Gasteiger partial charge in [0.05, 0.1) is 11.9 Å². The standard InChI is InChI=1S/C30H36ClN3O4S/c1-21(2)32-30(36)28(18-24-9-7-6-8-10-24)33(19-25-12-14-26(31)15-13-25)29(35)20-34(39(5,37)38)27-16-11-22(3)23(4)17-27/h6-17,21,28H,18-20H2,1-5H3,(H,32,36)/t28-/m1/s1. The molecule has 9 heteroatoms. The van der Waals surface area contributed by atoms with Crippen LogP contribution in [0.1, 0.15) is 36.1 Å². The van der Waals surface area contributed by atoms with E-state index in [1.54, 1.807) is 36.4 Å². The second-order valence-electron chi connectivity index (χ2n) is 10.1. The summed E-state index contributed by atoms with van der Waals surface area (Å²) in [5.41, 5.74) is 3.96. The molecule has 0 aliphatic heterocycles. The number of hydrogen-bond acceptors (Lipinski definition) is 4. The lowest BCUT2D eigenvalue weighted by molar-refractivity contribution is -0.140. The Kier molecular flexibility index (Phi) is 10.2. The molecule has 1 N–H and O–H groups in total. The fourth-order valence-electron chi connectivity index (χ4n) is 4.22. The minimum Gasteiger partial charge on any atom is -0.352 e. The van der Waals surface area contributed by atoms with Crippen molar-refractivity contribution in [2.45, 2.75) is 52.7 Å². The lowest BCUT2D eigenvalue weighted by Gasteiger charge is -2.34. The average molecular weight is 570 g/mol. The van der Waals surface area contributed by atoms with Crippen molar-refractivity contribution in [2.24, 2.45) is 0 Å². The number of rotatable bonds is 11. The topological polar surface area (TPSA) is 86.8 Å². The summed E-state index contributed by atoms with van der Waals surface area (Å²) in [4.78, 5) is 29.0. The molecule has 0 aliphatic carbocycles. The van der Waals surface area contributed by atoms with Gasteiger partial charge in [0.1, 0.15) is 12.6 Å². The predicted molar refractivity (Wildman–Crippen MR) is 157 cm³/mol. The van der Waals surface area contributed by atoms with Crippen molar-refractivity contribution < 1.29 is 18.0 Å². The van der Waals surface area contributed by atoms with Crippen LogP contribution in [-0.2, 0) is 32.6 Å². The highest BCUT2D eigenvalue weighted by Crippen LogP contribution is 2.23. The van der Waals surface area contributed by atoms with Gasteiger partial charge in [0.2, 0.25) is 21.8 Å². The van der Waals surface area contributed by atoms with Crippen molar-refractivity contribution in [3.8, 4) is 0 Å². The van der Waals surface area contributed by atoms with Gasteiger partial charge in [-0.2, -0.15) is 0 Å². The molecule has 1 atom stereocenters. The largest absolute Gasteiger partial charge is 0.352 e. The molecule has 0 aliphatic rings. The van der Waals surface area contributed by atoms with Crippen molar-refractivity contribution in [1.29, 1.82) is 0 Å². The summed E-state index contributed by atoms with van der Waals surface area (Å²) in [6.45, 7) is 7.19. The Morgan fingerprint density at radius 3 is 2.10 bits per heavy atom. The molecule has 0 spiro atoms. The van der Waals surface area contributed by atoms with Gasteiger partial charge in [-0.1, -0.05) is 60.1 Å². The van der Waals surface area contributed by atoms with Gasteiger partial charge in [-0.25, -0.2) is 8.42 Å². The zero-order chi connectivity index (χ0) is 28.7. The Bertz CT molecular complexity index is 1390. The van der Waals surface area contributed by atoms with E-state index in [1.807, 2.05) is 64.1 Å².